The van der Waals surface area contributed by atoms with Gasteiger partial charge in [0.25, 0.3) is 0 Å². The predicted octanol–water partition coefficient (Wildman–Crippen LogP) is 2.99. The van der Waals surface area contributed by atoms with Crippen LogP contribution in [-0.4, -0.2) is 14.9 Å². The zero-order valence-corrected chi connectivity index (χ0v) is 11.6. The lowest BCUT2D eigenvalue weighted by Gasteiger charge is -2.12. The van der Waals surface area contributed by atoms with Crippen molar-refractivity contribution in [1.82, 2.24) is 9.78 Å². The molecule has 1 N–H and O–H groups in total. The van der Waals surface area contributed by atoms with Gasteiger partial charge in [-0.05, 0) is 40.9 Å². The summed E-state index contributed by atoms with van der Waals surface area (Å²) in [7, 11) is 1.85. The maximum atomic E-state index is 13.8. The Balaban J connectivity index is 2.06. The number of benzene rings is 1. The minimum absolute atomic E-state index is 0.326. The quantitative estimate of drug-likeness (QED) is 0.942. The molecule has 0 aliphatic heterocycles. The van der Waals surface area contributed by atoms with Crippen molar-refractivity contribution in [2.45, 2.75) is 18.9 Å². The van der Waals surface area contributed by atoms with Gasteiger partial charge in [0, 0.05) is 24.5 Å². The first kappa shape index (κ1) is 13.2. The van der Waals surface area contributed by atoms with Crippen molar-refractivity contribution in [3.05, 3.63) is 52.0 Å². The van der Waals surface area contributed by atoms with Gasteiger partial charge in [-0.1, -0.05) is 12.1 Å². The molecule has 0 fully saturated rings. The Bertz CT molecular complexity index is 542. The molecule has 0 radical (unpaired) electrons. The normalized spacial score (nSPS) is 12.7. The maximum Gasteiger partial charge on any atom is 0.143 e. The van der Waals surface area contributed by atoms with Gasteiger partial charge < -0.3 is 5.11 Å². The average molecular weight is 313 g/mol. The van der Waals surface area contributed by atoms with E-state index in [2.05, 4.69) is 21.0 Å². The van der Waals surface area contributed by atoms with Gasteiger partial charge in [-0.15, -0.1) is 0 Å². The third kappa shape index (κ3) is 2.79. The summed E-state index contributed by atoms with van der Waals surface area (Å²) in [6.45, 7) is 0. The fraction of sp³-hybridized carbons (Fsp3) is 0.308. The fourth-order valence-corrected chi connectivity index (χ4v) is 2.25. The van der Waals surface area contributed by atoms with Crippen LogP contribution in [0, 0.1) is 5.82 Å². The SMILES string of the molecule is Cn1nccc1CCC(O)c1cccc(Br)c1F. The molecular weight excluding hydrogens is 299 g/mol. The molecule has 1 heterocycles. The molecule has 3 nitrogen and oxygen atoms in total. The number of hydrogen-bond acceptors (Lipinski definition) is 2. The topological polar surface area (TPSA) is 38.0 Å². The van der Waals surface area contributed by atoms with Gasteiger partial charge in [0.05, 0.1) is 10.6 Å². The van der Waals surface area contributed by atoms with Gasteiger partial charge in [-0.25, -0.2) is 4.39 Å². The Morgan fingerprint density at radius 2 is 2.22 bits per heavy atom. The molecule has 0 amide bonds. The van der Waals surface area contributed by atoms with Gasteiger partial charge in [-0.2, -0.15) is 5.10 Å². The van der Waals surface area contributed by atoms with E-state index in [0.717, 1.165) is 5.69 Å². The van der Waals surface area contributed by atoms with E-state index in [4.69, 9.17) is 0 Å². The number of halogens is 2. The zero-order valence-electron chi connectivity index (χ0n) is 9.98. The number of rotatable bonds is 4. The van der Waals surface area contributed by atoms with Crippen LogP contribution in [0.2, 0.25) is 0 Å². The zero-order chi connectivity index (χ0) is 13.1. The van der Waals surface area contributed by atoms with Crippen molar-refractivity contribution in [2.75, 3.05) is 0 Å². The molecule has 0 saturated carbocycles. The largest absolute Gasteiger partial charge is 0.388 e. The Kier molecular flexibility index (Phi) is 4.14. The van der Waals surface area contributed by atoms with Gasteiger partial charge in [0.2, 0.25) is 0 Å². The van der Waals surface area contributed by atoms with Gasteiger partial charge in [-0.3, -0.25) is 4.68 Å². The number of aliphatic hydroxyl groups excluding tert-OH is 1. The summed E-state index contributed by atoms with van der Waals surface area (Å²) in [5, 5.41) is 14.1. The second kappa shape index (κ2) is 5.63. The molecule has 0 spiro atoms. The minimum Gasteiger partial charge on any atom is -0.388 e. The van der Waals surface area contributed by atoms with Crippen molar-refractivity contribution in [2.24, 2.45) is 7.05 Å². The fourth-order valence-electron chi connectivity index (χ4n) is 1.86. The average Bonchev–Trinajstić information content (AvgIpc) is 2.75. The molecule has 0 aliphatic rings. The highest BCUT2D eigenvalue weighted by Gasteiger charge is 2.15. The molecule has 0 aliphatic carbocycles. The second-order valence-electron chi connectivity index (χ2n) is 4.14. The molecule has 18 heavy (non-hydrogen) atoms. The summed E-state index contributed by atoms with van der Waals surface area (Å²) in [6.07, 6.45) is 2.02. The first-order valence-electron chi connectivity index (χ1n) is 5.68. The molecule has 5 heteroatoms. The molecule has 1 atom stereocenters. The Labute approximate surface area is 113 Å². The Morgan fingerprint density at radius 1 is 1.44 bits per heavy atom. The molecule has 0 saturated heterocycles. The highest BCUT2D eigenvalue weighted by molar-refractivity contribution is 9.10. The van der Waals surface area contributed by atoms with Crippen LogP contribution in [0.4, 0.5) is 4.39 Å². The van der Waals surface area contributed by atoms with E-state index >= 15 is 0 Å². The van der Waals surface area contributed by atoms with Gasteiger partial charge >= 0.3 is 0 Å². The number of aliphatic hydroxyl groups is 1. The maximum absolute atomic E-state index is 13.8. The lowest BCUT2D eigenvalue weighted by molar-refractivity contribution is 0.162. The van der Waals surface area contributed by atoms with E-state index in [9.17, 15) is 9.50 Å². The summed E-state index contributed by atoms with van der Waals surface area (Å²) in [5.41, 5.74) is 1.34. The molecule has 1 aromatic carbocycles. The summed E-state index contributed by atoms with van der Waals surface area (Å²) >= 11 is 3.12. The first-order chi connectivity index (χ1) is 8.59. The van der Waals surface area contributed by atoms with Crippen molar-refractivity contribution in [1.29, 1.82) is 0 Å². The van der Waals surface area contributed by atoms with Crippen LogP contribution in [-0.2, 0) is 13.5 Å². The molecule has 2 rings (SSSR count). The highest BCUT2D eigenvalue weighted by Crippen LogP contribution is 2.26. The lowest BCUT2D eigenvalue weighted by Crippen LogP contribution is -2.05. The Morgan fingerprint density at radius 3 is 2.89 bits per heavy atom. The van der Waals surface area contributed by atoms with Crippen LogP contribution in [0.15, 0.2) is 34.9 Å². The van der Waals surface area contributed by atoms with E-state index in [-0.39, 0.29) is 0 Å². The van der Waals surface area contributed by atoms with Crippen molar-refractivity contribution < 1.29 is 9.50 Å². The van der Waals surface area contributed by atoms with E-state index in [1.54, 1.807) is 29.1 Å². The molecular formula is C13H14BrFN2O. The van der Waals surface area contributed by atoms with Crippen molar-refractivity contribution >= 4 is 15.9 Å². The minimum atomic E-state index is -0.808. The monoisotopic (exact) mass is 312 g/mol. The van der Waals surface area contributed by atoms with Crippen LogP contribution >= 0.6 is 15.9 Å². The van der Waals surface area contributed by atoms with Crippen LogP contribution in [0.5, 0.6) is 0 Å². The summed E-state index contributed by atoms with van der Waals surface area (Å²) in [4.78, 5) is 0. The standard InChI is InChI=1S/C13H14BrFN2O/c1-17-9(7-8-16-17)5-6-12(18)10-3-2-4-11(14)13(10)15/h2-4,7-8,12,18H,5-6H2,1H3. The van der Waals surface area contributed by atoms with E-state index in [1.807, 2.05) is 13.1 Å². The molecule has 1 unspecified atom stereocenters. The Hall–Kier alpha value is -1.20. The number of aromatic nitrogens is 2. The van der Waals surface area contributed by atoms with Crippen LogP contribution in [0.1, 0.15) is 23.8 Å². The van der Waals surface area contributed by atoms with Crippen molar-refractivity contribution in [3.8, 4) is 0 Å². The lowest BCUT2D eigenvalue weighted by atomic mass is 10.0. The van der Waals surface area contributed by atoms with Crippen LogP contribution in [0.3, 0.4) is 0 Å². The predicted molar refractivity (Wildman–Crippen MR) is 70.6 cm³/mol. The summed E-state index contributed by atoms with van der Waals surface area (Å²) < 4.78 is 15.9. The summed E-state index contributed by atoms with van der Waals surface area (Å²) in [6, 6.07) is 6.83. The third-order valence-corrected chi connectivity index (χ3v) is 3.55. The van der Waals surface area contributed by atoms with E-state index < -0.39 is 11.9 Å². The molecule has 1 aromatic heterocycles. The van der Waals surface area contributed by atoms with Crippen LogP contribution in [0.25, 0.3) is 0 Å². The molecule has 0 bridgehead atoms. The van der Waals surface area contributed by atoms with E-state index in [1.165, 1.54) is 0 Å². The third-order valence-electron chi connectivity index (χ3n) is 2.94. The van der Waals surface area contributed by atoms with Crippen molar-refractivity contribution in [3.63, 3.8) is 0 Å². The summed E-state index contributed by atoms with van der Waals surface area (Å²) in [5.74, 6) is -0.394. The number of hydrogen-bond donors (Lipinski definition) is 1. The van der Waals surface area contributed by atoms with E-state index in [0.29, 0.717) is 22.9 Å². The first-order valence-corrected chi connectivity index (χ1v) is 6.47. The molecule has 96 valence electrons. The smallest absolute Gasteiger partial charge is 0.143 e. The second-order valence-corrected chi connectivity index (χ2v) is 5.00. The van der Waals surface area contributed by atoms with Gasteiger partial charge in [0.1, 0.15) is 5.82 Å². The van der Waals surface area contributed by atoms with Crippen LogP contribution < -0.4 is 0 Å². The number of aryl methyl sites for hydroxylation is 2. The molecule has 2 aromatic rings. The highest BCUT2D eigenvalue weighted by atomic mass is 79.9. The van der Waals surface area contributed by atoms with Gasteiger partial charge in [0.15, 0.2) is 0 Å². The number of nitrogens with zero attached hydrogens (tertiary/aromatic N) is 2.